The van der Waals surface area contributed by atoms with Gasteiger partial charge in [0.1, 0.15) is 5.01 Å². The zero-order valence-electron chi connectivity index (χ0n) is 19.2. The molecular weight excluding hydrogens is 450 g/mol. The van der Waals surface area contributed by atoms with Crippen LogP contribution < -0.4 is 15.5 Å². The molecule has 3 amide bonds. The molecule has 3 aromatic rings. The molecule has 2 N–H and O–H groups in total. The van der Waals surface area contributed by atoms with Gasteiger partial charge in [-0.05, 0) is 48.7 Å². The fourth-order valence-electron chi connectivity index (χ4n) is 3.84. The van der Waals surface area contributed by atoms with Crippen molar-refractivity contribution in [2.75, 3.05) is 22.1 Å². The fraction of sp³-hybridized carbons (Fsp3) is 0.320. The van der Waals surface area contributed by atoms with E-state index in [2.05, 4.69) is 27.8 Å². The van der Waals surface area contributed by atoms with E-state index < -0.39 is 0 Å². The summed E-state index contributed by atoms with van der Waals surface area (Å²) in [5.74, 6) is -0.444. The van der Waals surface area contributed by atoms with Gasteiger partial charge in [0.2, 0.25) is 16.9 Å². The van der Waals surface area contributed by atoms with Crippen LogP contribution in [-0.2, 0) is 16.0 Å². The van der Waals surface area contributed by atoms with Crippen molar-refractivity contribution in [2.45, 2.75) is 45.4 Å². The van der Waals surface area contributed by atoms with Crippen LogP contribution in [0.2, 0.25) is 0 Å². The maximum Gasteiger partial charge on any atom is 0.257 e. The Hall–Kier alpha value is -3.59. The molecule has 4 rings (SSSR count). The Labute approximate surface area is 202 Å². The number of aromatic nitrogens is 2. The summed E-state index contributed by atoms with van der Waals surface area (Å²) < 4.78 is 0. The molecule has 34 heavy (non-hydrogen) atoms. The van der Waals surface area contributed by atoms with Gasteiger partial charge >= 0.3 is 0 Å². The molecule has 1 fully saturated rings. The zero-order chi connectivity index (χ0) is 24.1. The normalized spacial score (nSPS) is 15.4. The van der Waals surface area contributed by atoms with Crippen LogP contribution in [0.4, 0.5) is 16.5 Å². The number of amides is 3. The number of nitrogens with zero attached hydrogens (tertiary/aromatic N) is 3. The van der Waals surface area contributed by atoms with E-state index in [0.717, 1.165) is 23.5 Å². The number of nitrogens with one attached hydrogen (secondary N) is 2. The third-order valence-corrected chi connectivity index (χ3v) is 6.68. The highest BCUT2D eigenvalue weighted by Gasteiger charge is 2.34. The van der Waals surface area contributed by atoms with Crippen LogP contribution in [0, 0.1) is 0 Å². The van der Waals surface area contributed by atoms with E-state index in [4.69, 9.17) is 0 Å². The minimum atomic E-state index is -0.338. The molecule has 2 aromatic carbocycles. The van der Waals surface area contributed by atoms with Crippen molar-refractivity contribution in [3.63, 3.8) is 0 Å². The molecule has 9 heteroatoms. The van der Waals surface area contributed by atoms with Crippen LogP contribution in [0.15, 0.2) is 48.5 Å². The van der Waals surface area contributed by atoms with Gasteiger partial charge in [0.05, 0.1) is 0 Å². The molecule has 1 aliphatic rings. The quantitative estimate of drug-likeness (QED) is 0.493. The maximum absolute atomic E-state index is 12.7. The minimum absolute atomic E-state index is 0.0527. The molecule has 176 valence electrons. The van der Waals surface area contributed by atoms with E-state index in [-0.39, 0.29) is 23.6 Å². The summed E-state index contributed by atoms with van der Waals surface area (Å²) in [4.78, 5) is 38.9. The van der Waals surface area contributed by atoms with Gasteiger partial charge in [0.25, 0.3) is 5.91 Å². The molecule has 8 nitrogen and oxygen atoms in total. The van der Waals surface area contributed by atoms with Crippen molar-refractivity contribution < 1.29 is 14.4 Å². The number of carbonyl (C=O) groups excluding carboxylic acids is 3. The van der Waals surface area contributed by atoms with Gasteiger partial charge < -0.3 is 10.2 Å². The standard InChI is InChI=1S/C25H27N5O3S/c1-3-6-21(31)26-19-8-5-7-17(13-19)23(33)27-25-29-28-24(34-25)18-14-22(32)30(15-18)20-11-9-16(4-2)10-12-20/h5,7-13,18H,3-4,6,14-15H2,1-2H3,(H,26,31)(H,27,29,33). The minimum Gasteiger partial charge on any atom is -0.326 e. The number of hydrogen-bond donors (Lipinski definition) is 2. The molecule has 0 aliphatic carbocycles. The smallest absolute Gasteiger partial charge is 0.257 e. The van der Waals surface area contributed by atoms with E-state index in [9.17, 15) is 14.4 Å². The number of rotatable bonds is 8. The highest BCUT2D eigenvalue weighted by molar-refractivity contribution is 7.15. The van der Waals surface area contributed by atoms with E-state index in [1.165, 1.54) is 16.9 Å². The molecule has 1 aliphatic heterocycles. The molecule has 0 spiro atoms. The summed E-state index contributed by atoms with van der Waals surface area (Å²) in [5.41, 5.74) is 3.09. The Morgan fingerprint density at radius 3 is 2.62 bits per heavy atom. The van der Waals surface area contributed by atoms with Crippen molar-refractivity contribution >= 4 is 45.6 Å². The Balaban J connectivity index is 1.39. The summed E-state index contributed by atoms with van der Waals surface area (Å²) in [6.45, 7) is 4.56. The van der Waals surface area contributed by atoms with Gasteiger partial charge in [-0.25, -0.2) is 0 Å². The predicted molar refractivity (Wildman–Crippen MR) is 133 cm³/mol. The lowest BCUT2D eigenvalue weighted by atomic mass is 10.1. The average Bonchev–Trinajstić information content (AvgIpc) is 3.46. The first kappa shape index (κ1) is 23.6. The highest BCUT2D eigenvalue weighted by atomic mass is 32.1. The molecule has 1 atom stereocenters. The van der Waals surface area contributed by atoms with Crippen LogP contribution in [0.1, 0.15) is 60.0 Å². The van der Waals surface area contributed by atoms with Crippen molar-refractivity contribution in [3.05, 3.63) is 64.7 Å². The summed E-state index contributed by atoms with van der Waals surface area (Å²) in [6.07, 6.45) is 2.49. The maximum atomic E-state index is 12.7. The molecule has 0 saturated carbocycles. The number of aryl methyl sites for hydroxylation is 1. The van der Waals surface area contributed by atoms with Gasteiger partial charge in [-0.2, -0.15) is 0 Å². The molecule has 1 saturated heterocycles. The third-order valence-electron chi connectivity index (χ3n) is 5.68. The lowest BCUT2D eigenvalue weighted by molar-refractivity contribution is -0.117. The first-order valence-electron chi connectivity index (χ1n) is 11.4. The van der Waals surface area contributed by atoms with Crippen molar-refractivity contribution in [1.82, 2.24) is 10.2 Å². The molecule has 1 aromatic heterocycles. The second kappa shape index (κ2) is 10.6. The van der Waals surface area contributed by atoms with Crippen LogP contribution in [-0.4, -0.2) is 34.5 Å². The summed E-state index contributed by atoms with van der Waals surface area (Å²) >= 11 is 1.28. The summed E-state index contributed by atoms with van der Waals surface area (Å²) in [5, 5.41) is 15.0. The topological polar surface area (TPSA) is 104 Å². The first-order valence-corrected chi connectivity index (χ1v) is 12.2. The van der Waals surface area contributed by atoms with Gasteiger partial charge in [0.15, 0.2) is 0 Å². The second-order valence-corrected chi connectivity index (χ2v) is 9.21. The van der Waals surface area contributed by atoms with Crippen molar-refractivity contribution in [2.24, 2.45) is 0 Å². The first-order chi connectivity index (χ1) is 16.5. The van der Waals surface area contributed by atoms with Crippen LogP contribution in [0.5, 0.6) is 0 Å². The summed E-state index contributed by atoms with van der Waals surface area (Å²) in [7, 11) is 0. The number of carbonyl (C=O) groups is 3. The lowest BCUT2D eigenvalue weighted by Gasteiger charge is -2.16. The van der Waals surface area contributed by atoms with Gasteiger partial charge in [-0.1, -0.05) is 43.4 Å². The Morgan fingerprint density at radius 2 is 1.88 bits per heavy atom. The highest BCUT2D eigenvalue weighted by Crippen LogP contribution is 2.34. The number of anilines is 3. The molecule has 2 heterocycles. The monoisotopic (exact) mass is 477 g/mol. The lowest BCUT2D eigenvalue weighted by Crippen LogP contribution is -2.24. The number of benzene rings is 2. The van der Waals surface area contributed by atoms with Crippen molar-refractivity contribution in [3.8, 4) is 0 Å². The van der Waals surface area contributed by atoms with E-state index >= 15 is 0 Å². The fourth-order valence-corrected chi connectivity index (χ4v) is 4.67. The molecule has 0 radical (unpaired) electrons. The van der Waals surface area contributed by atoms with Gasteiger partial charge in [0, 0.05) is 42.2 Å². The molecular formula is C25H27N5O3S. The Morgan fingerprint density at radius 1 is 1.09 bits per heavy atom. The SMILES string of the molecule is CCCC(=O)Nc1cccc(C(=O)Nc2nnc(C3CC(=O)N(c4ccc(CC)cc4)C3)s2)c1. The average molecular weight is 478 g/mol. The van der Waals surface area contributed by atoms with E-state index in [1.807, 2.05) is 31.2 Å². The molecule has 1 unspecified atom stereocenters. The summed E-state index contributed by atoms with van der Waals surface area (Å²) in [6, 6.07) is 14.8. The van der Waals surface area contributed by atoms with Crippen LogP contribution in [0.25, 0.3) is 0 Å². The Bertz CT molecular complexity index is 1190. The number of hydrogen-bond acceptors (Lipinski definition) is 6. The second-order valence-electron chi connectivity index (χ2n) is 8.20. The zero-order valence-corrected chi connectivity index (χ0v) is 20.0. The van der Waals surface area contributed by atoms with Crippen LogP contribution >= 0.6 is 11.3 Å². The third kappa shape index (κ3) is 5.48. The Kier molecular flexibility index (Phi) is 7.32. The predicted octanol–water partition coefficient (Wildman–Crippen LogP) is 4.61. The molecule has 0 bridgehead atoms. The largest absolute Gasteiger partial charge is 0.326 e. The van der Waals surface area contributed by atoms with Crippen molar-refractivity contribution in [1.29, 1.82) is 0 Å². The van der Waals surface area contributed by atoms with E-state index in [1.54, 1.807) is 29.2 Å². The van der Waals surface area contributed by atoms with E-state index in [0.29, 0.717) is 35.8 Å². The van der Waals surface area contributed by atoms with Crippen LogP contribution in [0.3, 0.4) is 0 Å². The van der Waals surface area contributed by atoms with Gasteiger partial charge in [-0.15, -0.1) is 10.2 Å². The van der Waals surface area contributed by atoms with Gasteiger partial charge in [-0.3, -0.25) is 19.7 Å².